The predicted molar refractivity (Wildman–Crippen MR) is 78.3 cm³/mol. The molecule has 1 N–H and O–H groups in total. The first-order valence-electron chi connectivity index (χ1n) is 7.34. The summed E-state index contributed by atoms with van der Waals surface area (Å²) in [5.41, 5.74) is 0.975. The maximum atomic E-state index is 12.7. The summed E-state index contributed by atoms with van der Waals surface area (Å²) in [6, 6.07) is 5.22. The minimum absolute atomic E-state index is 0.0997. The van der Waals surface area contributed by atoms with E-state index in [0.29, 0.717) is 25.0 Å². The summed E-state index contributed by atoms with van der Waals surface area (Å²) in [7, 11) is 0. The number of nitrogens with zero attached hydrogens (tertiary/aromatic N) is 2. The largest absolute Gasteiger partial charge is 0.338 e. The Balaban J connectivity index is 1.85. The van der Waals surface area contributed by atoms with Crippen LogP contribution in [-0.4, -0.2) is 41.4 Å². The molecular formula is C15H19N3O3. The summed E-state index contributed by atoms with van der Waals surface area (Å²) >= 11 is 0. The van der Waals surface area contributed by atoms with Crippen molar-refractivity contribution in [1.82, 2.24) is 10.2 Å². The van der Waals surface area contributed by atoms with Gasteiger partial charge < -0.3 is 10.2 Å². The van der Waals surface area contributed by atoms with E-state index in [0.717, 1.165) is 24.9 Å². The van der Waals surface area contributed by atoms with Gasteiger partial charge in [0.15, 0.2) is 0 Å². The third-order valence-corrected chi connectivity index (χ3v) is 4.52. The molecule has 0 bridgehead atoms. The van der Waals surface area contributed by atoms with Crippen LogP contribution in [0, 0.1) is 23.0 Å². The second-order valence-corrected chi connectivity index (χ2v) is 5.93. The van der Waals surface area contributed by atoms with E-state index in [2.05, 4.69) is 5.32 Å². The zero-order valence-electron chi connectivity index (χ0n) is 12.0. The van der Waals surface area contributed by atoms with Gasteiger partial charge in [0.25, 0.3) is 11.6 Å². The molecule has 2 unspecified atom stereocenters. The van der Waals surface area contributed by atoms with Crippen LogP contribution in [0.4, 0.5) is 5.69 Å². The molecule has 3 rings (SSSR count). The highest BCUT2D eigenvalue weighted by Gasteiger charge is 2.36. The number of likely N-dealkylation sites (tertiary alicyclic amines) is 1. The third kappa shape index (κ3) is 2.63. The van der Waals surface area contributed by atoms with Gasteiger partial charge in [0.1, 0.15) is 5.56 Å². The second kappa shape index (κ2) is 5.44. The number of aryl methyl sites for hydroxylation is 1. The van der Waals surface area contributed by atoms with Gasteiger partial charge >= 0.3 is 0 Å². The highest BCUT2D eigenvalue weighted by Crippen LogP contribution is 2.28. The van der Waals surface area contributed by atoms with Crippen molar-refractivity contribution >= 4 is 11.6 Å². The van der Waals surface area contributed by atoms with Gasteiger partial charge in [0.2, 0.25) is 0 Å². The van der Waals surface area contributed by atoms with E-state index < -0.39 is 4.92 Å². The fraction of sp³-hybridized carbons (Fsp3) is 0.533. The van der Waals surface area contributed by atoms with Crippen LogP contribution >= 0.6 is 0 Å². The van der Waals surface area contributed by atoms with Crippen molar-refractivity contribution in [3.63, 3.8) is 0 Å². The fourth-order valence-electron chi connectivity index (χ4n) is 3.38. The highest BCUT2D eigenvalue weighted by atomic mass is 16.6. The number of nitrogens with one attached hydrogen (secondary N) is 1. The van der Waals surface area contributed by atoms with E-state index in [1.54, 1.807) is 17.0 Å². The van der Waals surface area contributed by atoms with Crippen molar-refractivity contribution in [2.24, 2.45) is 5.92 Å². The lowest BCUT2D eigenvalue weighted by atomic mass is 9.92. The number of benzene rings is 1. The molecule has 2 aliphatic heterocycles. The number of carbonyl (C=O) groups is 1. The number of nitro benzene ring substituents is 1. The summed E-state index contributed by atoms with van der Waals surface area (Å²) < 4.78 is 0. The Morgan fingerprint density at radius 3 is 3.00 bits per heavy atom. The average molecular weight is 289 g/mol. The fourth-order valence-corrected chi connectivity index (χ4v) is 3.38. The Morgan fingerprint density at radius 2 is 2.24 bits per heavy atom. The number of fused-ring (bicyclic) bond motifs is 1. The Labute approximate surface area is 123 Å². The van der Waals surface area contributed by atoms with E-state index in [9.17, 15) is 14.9 Å². The van der Waals surface area contributed by atoms with Gasteiger partial charge in [0.05, 0.1) is 4.92 Å². The minimum atomic E-state index is -0.476. The summed E-state index contributed by atoms with van der Waals surface area (Å²) in [5.74, 6) is 0.266. The molecule has 0 saturated carbocycles. The molecule has 2 heterocycles. The molecular weight excluding hydrogens is 270 g/mol. The monoisotopic (exact) mass is 289 g/mol. The van der Waals surface area contributed by atoms with Crippen molar-refractivity contribution in [2.75, 3.05) is 19.6 Å². The Bertz CT molecular complexity index is 588. The van der Waals surface area contributed by atoms with Crippen molar-refractivity contribution in [1.29, 1.82) is 0 Å². The molecule has 2 aliphatic rings. The minimum Gasteiger partial charge on any atom is -0.338 e. The standard InChI is InChI=1S/C15H19N3O3/c1-10-2-3-14(18(20)21)12(8-10)15(19)17-7-5-13-11(9-17)4-6-16-13/h2-3,8,11,13,16H,4-7,9H2,1H3. The zero-order chi connectivity index (χ0) is 15.0. The Hall–Kier alpha value is -1.95. The predicted octanol–water partition coefficient (Wildman–Crippen LogP) is 1.73. The number of carbonyl (C=O) groups excluding carboxylic acids is 1. The second-order valence-electron chi connectivity index (χ2n) is 5.93. The molecule has 1 aromatic carbocycles. The van der Waals surface area contributed by atoms with Gasteiger partial charge in [-0.2, -0.15) is 0 Å². The van der Waals surface area contributed by atoms with Gasteiger partial charge in [-0.1, -0.05) is 6.07 Å². The number of piperidine rings is 1. The Morgan fingerprint density at radius 1 is 1.43 bits per heavy atom. The van der Waals surface area contributed by atoms with E-state index in [-0.39, 0.29) is 17.2 Å². The molecule has 21 heavy (non-hydrogen) atoms. The van der Waals surface area contributed by atoms with Crippen molar-refractivity contribution in [3.05, 3.63) is 39.4 Å². The van der Waals surface area contributed by atoms with Crippen molar-refractivity contribution in [2.45, 2.75) is 25.8 Å². The topological polar surface area (TPSA) is 75.5 Å². The molecule has 0 aliphatic carbocycles. The molecule has 0 radical (unpaired) electrons. The Kier molecular flexibility index (Phi) is 3.63. The smallest absolute Gasteiger partial charge is 0.282 e. The number of rotatable bonds is 2. The first-order valence-corrected chi connectivity index (χ1v) is 7.34. The zero-order valence-corrected chi connectivity index (χ0v) is 12.0. The van der Waals surface area contributed by atoms with E-state index in [1.807, 2.05) is 6.92 Å². The summed E-state index contributed by atoms with van der Waals surface area (Å²) in [4.78, 5) is 25.1. The lowest BCUT2D eigenvalue weighted by Gasteiger charge is -2.34. The molecule has 2 atom stereocenters. The van der Waals surface area contributed by atoms with Crippen LogP contribution < -0.4 is 5.32 Å². The average Bonchev–Trinajstić information content (AvgIpc) is 2.93. The van der Waals surface area contributed by atoms with Crippen LogP contribution in [0.3, 0.4) is 0 Å². The van der Waals surface area contributed by atoms with Gasteiger partial charge in [-0.05, 0) is 43.9 Å². The summed E-state index contributed by atoms with van der Waals surface area (Å²) in [6.45, 7) is 4.20. The number of amides is 1. The molecule has 2 fully saturated rings. The first kappa shape index (κ1) is 14.0. The van der Waals surface area contributed by atoms with Gasteiger partial charge in [-0.3, -0.25) is 14.9 Å². The number of hydrogen-bond acceptors (Lipinski definition) is 4. The molecule has 6 heteroatoms. The molecule has 0 spiro atoms. The molecule has 1 amide bonds. The SMILES string of the molecule is Cc1ccc([N+](=O)[O-])c(C(=O)N2CCC3NCCC3C2)c1. The van der Waals surface area contributed by atoms with Gasteiger partial charge in [-0.15, -0.1) is 0 Å². The summed E-state index contributed by atoms with van der Waals surface area (Å²) in [5, 5.41) is 14.6. The molecule has 6 nitrogen and oxygen atoms in total. The summed E-state index contributed by atoms with van der Waals surface area (Å²) in [6.07, 6.45) is 2.00. The van der Waals surface area contributed by atoms with Crippen LogP contribution in [0.5, 0.6) is 0 Å². The van der Waals surface area contributed by atoms with Crippen molar-refractivity contribution < 1.29 is 9.72 Å². The lowest BCUT2D eigenvalue weighted by molar-refractivity contribution is -0.385. The quantitative estimate of drug-likeness (QED) is 0.664. The first-order chi connectivity index (χ1) is 10.1. The number of hydrogen-bond donors (Lipinski definition) is 1. The molecule has 1 aromatic rings. The normalized spacial score (nSPS) is 24.7. The van der Waals surface area contributed by atoms with E-state index in [1.165, 1.54) is 6.07 Å². The molecule has 112 valence electrons. The van der Waals surface area contributed by atoms with E-state index >= 15 is 0 Å². The van der Waals surface area contributed by atoms with Crippen LogP contribution in [0.2, 0.25) is 0 Å². The number of nitro groups is 1. The maximum absolute atomic E-state index is 12.7. The van der Waals surface area contributed by atoms with E-state index in [4.69, 9.17) is 0 Å². The van der Waals surface area contributed by atoms with Gasteiger partial charge in [-0.25, -0.2) is 0 Å². The van der Waals surface area contributed by atoms with Crippen LogP contribution in [-0.2, 0) is 0 Å². The van der Waals surface area contributed by atoms with Gasteiger partial charge in [0, 0.05) is 25.2 Å². The van der Waals surface area contributed by atoms with Crippen LogP contribution in [0.15, 0.2) is 18.2 Å². The van der Waals surface area contributed by atoms with Crippen LogP contribution in [0.1, 0.15) is 28.8 Å². The third-order valence-electron chi connectivity index (χ3n) is 4.52. The lowest BCUT2D eigenvalue weighted by Crippen LogP contribution is -2.47. The molecule has 2 saturated heterocycles. The van der Waals surface area contributed by atoms with Crippen LogP contribution in [0.25, 0.3) is 0 Å². The molecule has 0 aromatic heterocycles. The highest BCUT2D eigenvalue weighted by molar-refractivity contribution is 5.98. The van der Waals surface area contributed by atoms with Crippen molar-refractivity contribution in [3.8, 4) is 0 Å². The maximum Gasteiger partial charge on any atom is 0.282 e.